The van der Waals surface area contributed by atoms with E-state index in [9.17, 15) is 8.42 Å². The molecule has 0 aliphatic carbocycles. The van der Waals surface area contributed by atoms with Crippen LogP contribution in [0.1, 0.15) is 22.7 Å². The summed E-state index contributed by atoms with van der Waals surface area (Å²) in [6.07, 6.45) is 1.73. The summed E-state index contributed by atoms with van der Waals surface area (Å²) < 4.78 is 27.8. The van der Waals surface area contributed by atoms with E-state index in [4.69, 9.17) is 0 Å². The first-order valence-electron chi connectivity index (χ1n) is 7.57. The van der Waals surface area contributed by atoms with Crippen LogP contribution in [0.4, 0.5) is 0 Å². The largest absolute Gasteiger partial charge is 0.261 e. The molecule has 4 nitrogen and oxygen atoms in total. The van der Waals surface area contributed by atoms with Gasteiger partial charge in [-0.25, -0.2) is 13.1 Å². The van der Waals surface area contributed by atoms with Crippen molar-refractivity contribution in [1.29, 1.82) is 0 Å². The van der Waals surface area contributed by atoms with Gasteiger partial charge in [0.15, 0.2) is 0 Å². The summed E-state index contributed by atoms with van der Waals surface area (Å²) in [7, 11) is -3.50. The lowest BCUT2D eigenvalue weighted by molar-refractivity contribution is 0.578. The lowest BCUT2D eigenvalue weighted by atomic mass is 9.94. The second-order valence-electron chi connectivity index (χ2n) is 5.50. The average Bonchev–Trinajstić information content (AvgIpc) is 3.13. The van der Waals surface area contributed by atoms with E-state index in [1.807, 2.05) is 49.4 Å². The number of benzene rings is 1. The van der Waals surface area contributed by atoms with Crippen LogP contribution in [0.25, 0.3) is 0 Å². The van der Waals surface area contributed by atoms with E-state index in [0.717, 1.165) is 16.8 Å². The van der Waals surface area contributed by atoms with Crippen LogP contribution in [0, 0.1) is 6.92 Å². The molecule has 0 aliphatic heterocycles. The van der Waals surface area contributed by atoms with Crippen LogP contribution in [0.5, 0.6) is 0 Å². The smallest absolute Gasteiger partial charge is 0.250 e. The van der Waals surface area contributed by atoms with Gasteiger partial charge in [0.2, 0.25) is 10.0 Å². The molecule has 3 aromatic rings. The number of aromatic nitrogens is 1. The van der Waals surface area contributed by atoms with Crippen molar-refractivity contribution in [1.82, 2.24) is 9.71 Å². The molecule has 1 aromatic carbocycles. The summed E-state index contributed by atoms with van der Waals surface area (Å²) in [6, 6.07) is 17.1. The number of hydrogen-bond donors (Lipinski definition) is 1. The first-order valence-corrected chi connectivity index (χ1v) is 9.93. The van der Waals surface area contributed by atoms with Crippen LogP contribution in [0.3, 0.4) is 0 Å². The van der Waals surface area contributed by atoms with Crippen molar-refractivity contribution in [2.24, 2.45) is 0 Å². The zero-order valence-electron chi connectivity index (χ0n) is 13.2. The molecule has 6 heteroatoms. The van der Waals surface area contributed by atoms with Gasteiger partial charge in [-0.1, -0.05) is 42.0 Å². The molecule has 0 fully saturated rings. The van der Waals surface area contributed by atoms with Gasteiger partial charge in [-0.2, -0.15) is 0 Å². The molecule has 24 heavy (non-hydrogen) atoms. The monoisotopic (exact) mass is 358 g/mol. The number of aryl methyl sites for hydroxylation is 1. The minimum Gasteiger partial charge on any atom is -0.261 e. The van der Waals surface area contributed by atoms with E-state index in [0.29, 0.717) is 4.21 Å². The van der Waals surface area contributed by atoms with Gasteiger partial charge >= 0.3 is 0 Å². The molecule has 1 unspecified atom stereocenters. The molecule has 0 bridgehead atoms. The third-order valence-electron chi connectivity index (χ3n) is 3.76. The summed E-state index contributed by atoms with van der Waals surface area (Å²) >= 11 is 1.21. The van der Waals surface area contributed by atoms with Crippen molar-refractivity contribution in [3.8, 4) is 0 Å². The maximum absolute atomic E-state index is 12.4. The van der Waals surface area contributed by atoms with Crippen molar-refractivity contribution >= 4 is 21.4 Å². The highest BCUT2D eigenvalue weighted by atomic mass is 32.2. The number of rotatable bonds is 6. The van der Waals surface area contributed by atoms with Crippen LogP contribution in [0.2, 0.25) is 0 Å². The molecule has 2 heterocycles. The predicted molar refractivity (Wildman–Crippen MR) is 96.8 cm³/mol. The lowest BCUT2D eigenvalue weighted by Gasteiger charge is -2.18. The number of nitrogens with zero attached hydrogens (tertiary/aromatic N) is 1. The Morgan fingerprint density at radius 3 is 2.50 bits per heavy atom. The maximum Gasteiger partial charge on any atom is 0.250 e. The highest BCUT2D eigenvalue weighted by Crippen LogP contribution is 2.24. The van der Waals surface area contributed by atoms with Crippen LogP contribution in [-0.2, 0) is 10.0 Å². The van der Waals surface area contributed by atoms with Gasteiger partial charge in [0.25, 0.3) is 0 Å². The fourth-order valence-corrected chi connectivity index (χ4v) is 4.54. The van der Waals surface area contributed by atoms with Crippen LogP contribution in [0.15, 0.2) is 70.4 Å². The van der Waals surface area contributed by atoms with Crippen molar-refractivity contribution in [2.75, 3.05) is 6.54 Å². The Morgan fingerprint density at radius 2 is 1.88 bits per heavy atom. The molecule has 0 saturated carbocycles. The second kappa shape index (κ2) is 7.25. The van der Waals surface area contributed by atoms with Gasteiger partial charge in [-0.15, -0.1) is 11.3 Å². The Labute approximate surface area is 146 Å². The predicted octanol–water partition coefficient (Wildman–Crippen LogP) is 3.56. The summed E-state index contributed by atoms with van der Waals surface area (Å²) in [6.45, 7) is 2.29. The van der Waals surface area contributed by atoms with Crippen molar-refractivity contribution in [2.45, 2.75) is 17.1 Å². The molecule has 0 saturated heterocycles. The number of hydrogen-bond acceptors (Lipinski definition) is 4. The number of sulfonamides is 1. The van der Waals surface area contributed by atoms with Gasteiger partial charge in [0.05, 0.1) is 0 Å². The maximum atomic E-state index is 12.4. The van der Waals surface area contributed by atoms with Gasteiger partial charge < -0.3 is 0 Å². The third-order valence-corrected chi connectivity index (χ3v) is 6.58. The normalized spacial score (nSPS) is 12.9. The Kier molecular flexibility index (Phi) is 5.08. The van der Waals surface area contributed by atoms with Crippen LogP contribution >= 0.6 is 11.3 Å². The lowest BCUT2D eigenvalue weighted by Crippen LogP contribution is -2.28. The zero-order chi connectivity index (χ0) is 17.0. The number of pyridine rings is 1. The minimum atomic E-state index is -3.50. The van der Waals surface area contributed by atoms with E-state index in [1.165, 1.54) is 11.3 Å². The van der Waals surface area contributed by atoms with Gasteiger partial charge in [0.1, 0.15) is 4.21 Å². The second-order valence-corrected chi connectivity index (χ2v) is 8.44. The highest BCUT2D eigenvalue weighted by Gasteiger charge is 2.21. The first kappa shape index (κ1) is 16.8. The van der Waals surface area contributed by atoms with E-state index in [1.54, 1.807) is 23.7 Å². The first-order chi connectivity index (χ1) is 11.6. The standard InChI is InChI=1S/C18H18N2O2S2/c1-14-7-9-15(10-8-14)16(17-5-2-3-11-19-17)13-20-24(21,22)18-6-4-12-23-18/h2-12,16,20H,13H2,1H3. The summed E-state index contributed by atoms with van der Waals surface area (Å²) in [5, 5.41) is 1.75. The molecule has 2 aromatic heterocycles. The molecule has 0 aliphatic rings. The Balaban J connectivity index is 1.87. The van der Waals surface area contributed by atoms with Crippen LogP contribution in [-0.4, -0.2) is 19.9 Å². The molecule has 124 valence electrons. The van der Waals surface area contributed by atoms with Crippen molar-refractivity contribution < 1.29 is 8.42 Å². The van der Waals surface area contributed by atoms with Crippen molar-refractivity contribution in [3.05, 3.63) is 83.0 Å². The van der Waals surface area contributed by atoms with Gasteiger partial charge in [-0.3, -0.25) is 4.98 Å². The SMILES string of the molecule is Cc1ccc(C(CNS(=O)(=O)c2cccs2)c2ccccn2)cc1. The zero-order valence-corrected chi connectivity index (χ0v) is 14.8. The van der Waals surface area contributed by atoms with Crippen molar-refractivity contribution in [3.63, 3.8) is 0 Å². The molecule has 1 atom stereocenters. The summed E-state index contributed by atoms with van der Waals surface area (Å²) in [4.78, 5) is 4.41. The molecular weight excluding hydrogens is 340 g/mol. The van der Waals surface area contributed by atoms with E-state index < -0.39 is 10.0 Å². The minimum absolute atomic E-state index is 0.137. The Morgan fingerprint density at radius 1 is 1.08 bits per heavy atom. The Bertz CT molecular complexity index is 875. The highest BCUT2D eigenvalue weighted by molar-refractivity contribution is 7.91. The van der Waals surface area contributed by atoms with E-state index in [-0.39, 0.29) is 12.5 Å². The number of nitrogens with one attached hydrogen (secondary N) is 1. The fraction of sp³-hybridized carbons (Fsp3) is 0.167. The number of thiophene rings is 1. The summed E-state index contributed by atoms with van der Waals surface area (Å²) in [5.74, 6) is -0.137. The third kappa shape index (κ3) is 3.90. The van der Waals surface area contributed by atoms with E-state index >= 15 is 0 Å². The quantitative estimate of drug-likeness (QED) is 0.733. The average molecular weight is 358 g/mol. The van der Waals surface area contributed by atoms with E-state index in [2.05, 4.69) is 9.71 Å². The molecule has 1 N–H and O–H groups in total. The topological polar surface area (TPSA) is 59.1 Å². The fourth-order valence-electron chi connectivity index (χ4n) is 2.45. The summed E-state index contributed by atoms with van der Waals surface area (Å²) in [5.41, 5.74) is 3.04. The molecule has 3 rings (SSSR count). The molecule has 0 amide bonds. The molecule has 0 spiro atoms. The van der Waals surface area contributed by atoms with Gasteiger partial charge in [0, 0.05) is 24.4 Å². The Hall–Kier alpha value is -2.02. The molecule has 0 radical (unpaired) electrons. The van der Waals surface area contributed by atoms with Gasteiger partial charge in [-0.05, 0) is 36.1 Å². The van der Waals surface area contributed by atoms with Crippen LogP contribution < -0.4 is 4.72 Å². The molecular formula is C18H18N2O2S2.